The second kappa shape index (κ2) is 8.68. The Morgan fingerprint density at radius 3 is 2.80 bits per heavy atom. The van der Waals surface area contributed by atoms with Crippen LogP contribution in [-0.4, -0.2) is 68.3 Å². The van der Waals surface area contributed by atoms with Gasteiger partial charge in [-0.05, 0) is 63.9 Å². The van der Waals surface area contributed by atoms with Gasteiger partial charge in [-0.15, -0.1) is 0 Å². The Balaban J connectivity index is 1.68. The molecule has 0 bridgehead atoms. The van der Waals surface area contributed by atoms with Crippen molar-refractivity contribution in [3.8, 4) is 5.75 Å². The van der Waals surface area contributed by atoms with Gasteiger partial charge in [0.2, 0.25) is 0 Å². The Morgan fingerprint density at radius 1 is 1.28 bits per heavy atom. The summed E-state index contributed by atoms with van der Waals surface area (Å²) in [4.78, 5) is 17.6. The minimum Gasteiger partial charge on any atom is -0.480 e. The first-order valence-electron chi connectivity index (χ1n) is 9.41. The van der Waals surface area contributed by atoms with Crippen LogP contribution in [0.2, 0.25) is 0 Å². The van der Waals surface area contributed by atoms with E-state index in [1.54, 1.807) is 7.11 Å². The van der Waals surface area contributed by atoms with Crippen molar-refractivity contribution < 1.29 is 14.3 Å². The van der Waals surface area contributed by atoms with E-state index in [9.17, 15) is 4.79 Å². The van der Waals surface area contributed by atoms with Crippen LogP contribution >= 0.6 is 0 Å². The van der Waals surface area contributed by atoms with E-state index >= 15 is 0 Å². The van der Waals surface area contributed by atoms with Gasteiger partial charge in [-0.25, -0.2) is 0 Å². The van der Waals surface area contributed by atoms with E-state index in [-0.39, 0.29) is 12.0 Å². The molecule has 0 radical (unpaired) electrons. The molecule has 138 valence electrons. The molecule has 2 heterocycles. The first-order valence-corrected chi connectivity index (χ1v) is 9.41. The Hall–Kier alpha value is -1.59. The molecule has 1 saturated heterocycles. The maximum atomic E-state index is 13.2. The van der Waals surface area contributed by atoms with Crippen LogP contribution in [-0.2, 0) is 16.0 Å². The smallest absolute Gasteiger partial charge is 0.263 e. The van der Waals surface area contributed by atoms with Gasteiger partial charge in [-0.3, -0.25) is 4.79 Å². The molecular formula is C20H30N2O3. The molecule has 5 heteroatoms. The lowest BCUT2D eigenvalue weighted by Crippen LogP contribution is -2.52. The molecule has 5 nitrogen and oxygen atoms in total. The summed E-state index contributed by atoms with van der Waals surface area (Å²) in [6, 6.07) is 8.38. The van der Waals surface area contributed by atoms with Gasteiger partial charge in [-0.1, -0.05) is 18.2 Å². The summed E-state index contributed by atoms with van der Waals surface area (Å²) in [6.45, 7) is 3.54. The molecule has 2 aliphatic rings. The fourth-order valence-corrected chi connectivity index (χ4v) is 3.84. The van der Waals surface area contributed by atoms with Gasteiger partial charge in [0.05, 0.1) is 0 Å². The van der Waals surface area contributed by atoms with E-state index in [1.807, 2.05) is 18.2 Å². The predicted octanol–water partition coefficient (Wildman–Crippen LogP) is 2.34. The number of hydrogen-bond acceptors (Lipinski definition) is 4. The molecule has 1 atom stereocenters. The zero-order chi connectivity index (χ0) is 17.6. The molecule has 1 amide bonds. The van der Waals surface area contributed by atoms with Crippen molar-refractivity contribution in [2.75, 3.05) is 40.4 Å². The van der Waals surface area contributed by atoms with Crippen LogP contribution in [0.4, 0.5) is 0 Å². The summed E-state index contributed by atoms with van der Waals surface area (Å²) in [5.41, 5.74) is 1.21. The zero-order valence-electron chi connectivity index (χ0n) is 15.4. The third-order valence-electron chi connectivity index (χ3n) is 5.35. The molecule has 2 aliphatic heterocycles. The number of methoxy groups -OCH3 is 1. The number of carbonyl (C=O) groups is 1. The van der Waals surface area contributed by atoms with Crippen molar-refractivity contribution >= 4 is 5.91 Å². The second-order valence-electron chi connectivity index (χ2n) is 7.17. The van der Waals surface area contributed by atoms with Crippen LogP contribution in [0.3, 0.4) is 0 Å². The molecule has 0 saturated carbocycles. The van der Waals surface area contributed by atoms with Crippen molar-refractivity contribution in [3.05, 3.63) is 29.8 Å². The van der Waals surface area contributed by atoms with E-state index in [2.05, 4.69) is 22.9 Å². The third kappa shape index (κ3) is 4.53. The largest absolute Gasteiger partial charge is 0.480 e. The number of carbonyl (C=O) groups excluding carboxylic acids is 1. The number of aryl methyl sites for hydroxylation is 1. The van der Waals surface area contributed by atoms with Crippen molar-refractivity contribution in [2.24, 2.45) is 0 Å². The number of piperidine rings is 1. The molecule has 1 aromatic rings. The molecule has 0 aromatic heterocycles. The van der Waals surface area contributed by atoms with Gasteiger partial charge in [0, 0.05) is 26.3 Å². The van der Waals surface area contributed by atoms with E-state index < -0.39 is 0 Å². The summed E-state index contributed by atoms with van der Waals surface area (Å²) >= 11 is 0. The second-order valence-corrected chi connectivity index (χ2v) is 7.17. The van der Waals surface area contributed by atoms with Gasteiger partial charge in [-0.2, -0.15) is 0 Å². The van der Waals surface area contributed by atoms with Gasteiger partial charge >= 0.3 is 0 Å². The van der Waals surface area contributed by atoms with Gasteiger partial charge in [0.1, 0.15) is 5.75 Å². The molecule has 1 unspecified atom stereocenters. The van der Waals surface area contributed by atoms with E-state index in [1.165, 1.54) is 5.56 Å². The summed E-state index contributed by atoms with van der Waals surface area (Å²) in [7, 11) is 3.86. The minimum absolute atomic E-state index is 0.153. The zero-order valence-corrected chi connectivity index (χ0v) is 15.4. The minimum atomic E-state index is -0.350. The number of ether oxygens (including phenoxy) is 2. The number of hydrogen-bond donors (Lipinski definition) is 0. The van der Waals surface area contributed by atoms with E-state index in [0.29, 0.717) is 12.6 Å². The Labute approximate surface area is 150 Å². The third-order valence-corrected chi connectivity index (χ3v) is 5.35. The lowest BCUT2D eigenvalue weighted by molar-refractivity contribution is -0.143. The van der Waals surface area contributed by atoms with E-state index in [4.69, 9.17) is 9.47 Å². The highest BCUT2D eigenvalue weighted by atomic mass is 16.5. The van der Waals surface area contributed by atoms with Crippen LogP contribution in [0.15, 0.2) is 24.3 Å². The summed E-state index contributed by atoms with van der Waals surface area (Å²) in [6.07, 6.45) is 4.28. The highest BCUT2D eigenvalue weighted by molar-refractivity contribution is 5.82. The van der Waals surface area contributed by atoms with E-state index in [0.717, 1.165) is 57.5 Å². The molecule has 25 heavy (non-hydrogen) atoms. The van der Waals surface area contributed by atoms with Crippen LogP contribution in [0, 0.1) is 0 Å². The molecule has 0 aliphatic carbocycles. The summed E-state index contributed by atoms with van der Waals surface area (Å²) < 4.78 is 11.3. The topological polar surface area (TPSA) is 42.0 Å². The number of benzene rings is 1. The maximum Gasteiger partial charge on any atom is 0.263 e. The van der Waals surface area contributed by atoms with Crippen molar-refractivity contribution in [3.63, 3.8) is 0 Å². The SMILES string of the molecule is COCCCN(C(=O)C1CCc2ccccc2O1)C1CCN(C)CC1. The average Bonchev–Trinajstić information content (AvgIpc) is 2.65. The number of likely N-dealkylation sites (tertiary alicyclic amines) is 1. The first kappa shape index (κ1) is 18.2. The number of para-hydroxylation sites is 1. The van der Waals surface area contributed by atoms with Crippen molar-refractivity contribution in [1.29, 1.82) is 0 Å². The molecule has 1 aromatic carbocycles. The molecular weight excluding hydrogens is 316 g/mol. The molecule has 1 fully saturated rings. The van der Waals surface area contributed by atoms with Gasteiger partial charge in [0.25, 0.3) is 5.91 Å². The number of fused-ring (bicyclic) bond motifs is 1. The Morgan fingerprint density at radius 2 is 2.04 bits per heavy atom. The van der Waals surface area contributed by atoms with Gasteiger partial charge in [0.15, 0.2) is 6.10 Å². The molecule has 0 N–H and O–H groups in total. The first-order chi connectivity index (χ1) is 12.2. The Bertz CT molecular complexity index is 570. The Kier molecular flexibility index (Phi) is 6.32. The quantitative estimate of drug-likeness (QED) is 0.742. The summed E-state index contributed by atoms with van der Waals surface area (Å²) in [5, 5.41) is 0. The predicted molar refractivity (Wildman–Crippen MR) is 97.9 cm³/mol. The molecule has 3 rings (SSSR count). The van der Waals surface area contributed by atoms with Crippen molar-refractivity contribution in [2.45, 2.75) is 44.2 Å². The van der Waals surface area contributed by atoms with Crippen LogP contribution in [0.1, 0.15) is 31.2 Å². The fraction of sp³-hybridized carbons (Fsp3) is 0.650. The normalized spacial score (nSPS) is 21.4. The standard InChI is InChI=1S/C20H30N2O3/c1-21-13-10-17(11-14-21)22(12-5-15-24-2)20(23)19-9-8-16-6-3-4-7-18(16)25-19/h3-4,6-7,17,19H,5,8-15H2,1-2H3. The highest BCUT2D eigenvalue weighted by Crippen LogP contribution is 2.29. The van der Waals surface area contributed by atoms with Crippen LogP contribution < -0.4 is 4.74 Å². The molecule has 0 spiro atoms. The lowest BCUT2D eigenvalue weighted by Gasteiger charge is -2.39. The lowest BCUT2D eigenvalue weighted by atomic mass is 9.98. The average molecular weight is 346 g/mol. The number of nitrogens with zero attached hydrogens (tertiary/aromatic N) is 2. The summed E-state index contributed by atoms with van der Waals surface area (Å²) in [5.74, 6) is 1.02. The monoisotopic (exact) mass is 346 g/mol. The van der Waals surface area contributed by atoms with Gasteiger partial charge < -0.3 is 19.3 Å². The number of amides is 1. The number of rotatable bonds is 6. The van der Waals surface area contributed by atoms with Crippen molar-refractivity contribution in [1.82, 2.24) is 9.80 Å². The van der Waals surface area contributed by atoms with Crippen LogP contribution in [0.5, 0.6) is 5.75 Å². The highest BCUT2D eigenvalue weighted by Gasteiger charge is 2.34. The fourth-order valence-electron chi connectivity index (χ4n) is 3.84. The maximum absolute atomic E-state index is 13.2. The van der Waals surface area contributed by atoms with Crippen LogP contribution in [0.25, 0.3) is 0 Å².